The Labute approximate surface area is 95.2 Å². The van der Waals surface area contributed by atoms with E-state index in [-0.39, 0.29) is 4.90 Å². The molecule has 1 aromatic carbocycles. The molecular formula is C11H14N2O2S. The monoisotopic (exact) mass is 238 g/mol. The quantitative estimate of drug-likeness (QED) is 0.837. The summed E-state index contributed by atoms with van der Waals surface area (Å²) in [6.07, 6.45) is 1.45. The molecule has 1 aromatic rings. The number of sulfonamides is 1. The molecule has 16 heavy (non-hydrogen) atoms. The fourth-order valence-corrected chi connectivity index (χ4v) is 2.87. The molecular weight excluding hydrogens is 224 g/mol. The molecule has 1 aliphatic heterocycles. The largest absolute Gasteiger partial charge is 0.289 e. The Morgan fingerprint density at radius 3 is 2.81 bits per heavy atom. The van der Waals surface area contributed by atoms with Crippen molar-refractivity contribution in [1.29, 1.82) is 0 Å². The van der Waals surface area contributed by atoms with Gasteiger partial charge in [0, 0.05) is 17.8 Å². The van der Waals surface area contributed by atoms with Crippen LogP contribution in [0.1, 0.15) is 24.5 Å². The first-order valence-electron chi connectivity index (χ1n) is 5.22. The summed E-state index contributed by atoms with van der Waals surface area (Å²) >= 11 is 0. The van der Waals surface area contributed by atoms with Crippen molar-refractivity contribution in [2.24, 2.45) is 10.1 Å². The first kappa shape index (κ1) is 11.3. The molecule has 0 saturated carbocycles. The summed E-state index contributed by atoms with van der Waals surface area (Å²) in [4.78, 5) is 4.63. The fourth-order valence-electron chi connectivity index (χ4n) is 2.05. The third-order valence-electron chi connectivity index (χ3n) is 2.75. The lowest BCUT2D eigenvalue weighted by Crippen LogP contribution is -2.20. The van der Waals surface area contributed by atoms with Gasteiger partial charge in [-0.05, 0) is 24.5 Å². The maximum absolute atomic E-state index is 11.4. The Kier molecular flexibility index (Phi) is 2.82. The third kappa shape index (κ3) is 1.88. The molecule has 2 N–H and O–H groups in total. The summed E-state index contributed by atoms with van der Waals surface area (Å²) in [5.74, 6) is 0. The maximum Gasteiger partial charge on any atom is 0.238 e. The molecule has 86 valence electrons. The second kappa shape index (κ2) is 3.99. The van der Waals surface area contributed by atoms with Crippen molar-refractivity contribution < 1.29 is 8.42 Å². The lowest BCUT2D eigenvalue weighted by Gasteiger charge is -2.18. The first-order chi connectivity index (χ1) is 7.54. The van der Waals surface area contributed by atoms with Gasteiger partial charge in [0.25, 0.3) is 0 Å². The van der Waals surface area contributed by atoms with Crippen LogP contribution in [-0.2, 0) is 16.4 Å². The zero-order valence-electron chi connectivity index (χ0n) is 9.10. The van der Waals surface area contributed by atoms with Crippen LogP contribution in [0.25, 0.3) is 0 Å². The average molecular weight is 238 g/mol. The molecule has 0 aromatic heterocycles. The highest BCUT2D eigenvalue weighted by Gasteiger charge is 2.20. The number of hydrogen-bond acceptors (Lipinski definition) is 3. The van der Waals surface area contributed by atoms with Crippen LogP contribution in [0.4, 0.5) is 0 Å². The number of primary sulfonamides is 1. The molecule has 0 bridgehead atoms. The fraction of sp³-hybridized carbons (Fsp3) is 0.364. The van der Waals surface area contributed by atoms with Gasteiger partial charge in [-0.1, -0.05) is 19.1 Å². The summed E-state index contributed by atoms with van der Waals surface area (Å²) in [6.45, 7) is 2.65. The van der Waals surface area contributed by atoms with Gasteiger partial charge in [-0.25, -0.2) is 13.6 Å². The Balaban J connectivity index is 2.67. The number of nitrogens with zero attached hydrogens (tertiary/aromatic N) is 1. The molecule has 1 aliphatic rings. The summed E-state index contributed by atoms with van der Waals surface area (Å²) in [7, 11) is -3.63. The van der Waals surface area contributed by atoms with E-state index in [1.54, 1.807) is 12.1 Å². The molecule has 0 radical (unpaired) electrons. The van der Waals surface area contributed by atoms with Gasteiger partial charge in [-0.3, -0.25) is 4.99 Å². The minimum Gasteiger partial charge on any atom is -0.289 e. The molecule has 2 rings (SSSR count). The van der Waals surface area contributed by atoms with E-state index in [0.29, 0.717) is 13.0 Å². The van der Waals surface area contributed by atoms with E-state index in [2.05, 4.69) is 4.99 Å². The highest BCUT2D eigenvalue weighted by atomic mass is 32.2. The number of nitrogens with two attached hydrogens (primary N) is 1. The van der Waals surface area contributed by atoms with Gasteiger partial charge in [0.1, 0.15) is 0 Å². The summed E-state index contributed by atoms with van der Waals surface area (Å²) in [6, 6.07) is 5.19. The Morgan fingerprint density at radius 2 is 2.19 bits per heavy atom. The van der Waals surface area contributed by atoms with Crippen LogP contribution in [-0.4, -0.2) is 20.7 Å². The van der Waals surface area contributed by atoms with Crippen LogP contribution in [0, 0.1) is 0 Å². The van der Waals surface area contributed by atoms with Gasteiger partial charge in [0.2, 0.25) is 10.0 Å². The SMILES string of the molecule is CCC1=NCCc2c1cccc2S(N)(=O)=O. The summed E-state index contributed by atoms with van der Waals surface area (Å²) in [5, 5.41) is 5.20. The predicted octanol–water partition coefficient (Wildman–Crippen LogP) is 1.09. The predicted molar refractivity (Wildman–Crippen MR) is 63.2 cm³/mol. The Hall–Kier alpha value is -1.20. The maximum atomic E-state index is 11.4. The van der Waals surface area contributed by atoms with Crippen molar-refractivity contribution in [3.05, 3.63) is 29.3 Å². The van der Waals surface area contributed by atoms with Crippen LogP contribution in [0.5, 0.6) is 0 Å². The minimum atomic E-state index is -3.63. The average Bonchev–Trinajstić information content (AvgIpc) is 2.26. The molecule has 4 nitrogen and oxygen atoms in total. The van der Waals surface area contributed by atoms with Gasteiger partial charge < -0.3 is 0 Å². The minimum absolute atomic E-state index is 0.242. The van der Waals surface area contributed by atoms with Crippen LogP contribution >= 0.6 is 0 Å². The topological polar surface area (TPSA) is 72.5 Å². The smallest absolute Gasteiger partial charge is 0.238 e. The van der Waals surface area contributed by atoms with Crippen LogP contribution in [0.2, 0.25) is 0 Å². The van der Waals surface area contributed by atoms with Crippen LogP contribution in [0.3, 0.4) is 0 Å². The highest BCUT2D eigenvalue weighted by molar-refractivity contribution is 7.89. The molecule has 0 fully saturated rings. The Morgan fingerprint density at radius 1 is 1.44 bits per heavy atom. The van der Waals surface area contributed by atoms with Gasteiger partial charge in [0.15, 0.2) is 0 Å². The number of rotatable bonds is 2. The zero-order chi connectivity index (χ0) is 11.8. The number of fused-ring (bicyclic) bond motifs is 1. The van der Waals surface area contributed by atoms with Crippen LogP contribution < -0.4 is 5.14 Å². The molecule has 0 aliphatic carbocycles. The first-order valence-corrected chi connectivity index (χ1v) is 6.77. The van der Waals surface area contributed by atoms with Gasteiger partial charge >= 0.3 is 0 Å². The molecule has 0 saturated heterocycles. The summed E-state index contributed by atoms with van der Waals surface area (Å²) < 4.78 is 22.9. The van der Waals surface area contributed by atoms with Crippen molar-refractivity contribution in [2.45, 2.75) is 24.7 Å². The van der Waals surface area contributed by atoms with Crippen molar-refractivity contribution in [1.82, 2.24) is 0 Å². The van der Waals surface area contributed by atoms with E-state index in [1.807, 2.05) is 13.0 Å². The third-order valence-corrected chi connectivity index (χ3v) is 3.75. The van der Waals surface area contributed by atoms with E-state index in [1.165, 1.54) is 0 Å². The van der Waals surface area contributed by atoms with Crippen molar-refractivity contribution in [3.8, 4) is 0 Å². The molecule has 0 unspecified atom stereocenters. The Bertz CT molecular complexity index is 547. The molecule has 5 heteroatoms. The van der Waals surface area contributed by atoms with E-state index < -0.39 is 10.0 Å². The molecule has 0 amide bonds. The van der Waals surface area contributed by atoms with Crippen molar-refractivity contribution in [2.75, 3.05) is 6.54 Å². The van der Waals surface area contributed by atoms with E-state index in [4.69, 9.17) is 5.14 Å². The van der Waals surface area contributed by atoms with Crippen molar-refractivity contribution >= 4 is 15.7 Å². The van der Waals surface area contributed by atoms with E-state index in [9.17, 15) is 8.42 Å². The summed E-state index contributed by atoms with van der Waals surface area (Å²) in [5.41, 5.74) is 2.71. The van der Waals surface area contributed by atoms with Gasteiger partial charge in [-0.15, -0.1) is 0 Å². The standard InChI is InChI=1S/C11H14N2O2S/c1-2-10-8-4-3-5-11(16(12,14)15)9(8)6-7-13-10/h3-5H,2,6-7H2,1H3,(H2,12,14,15). The zero-order valence-corrected chi connectivity index (χ0v) is 9.92. The van der Waals surface area contributed by atoms with Crippen LogP contribution in [0.15, 0.2) is 28.1 Å². The molecule has 0 spiro atoms. The lowest BCUT2D eigenvalue weighted by molar-refractivity contribution is 0.596. The number of hydrogen-bond donors (Lipinski definition) is 1. The normalized spacial score (nSPS) is 15.5. The van der Waals surface area contributed by atoms with Crippen molar-refractivity contribution in [3.63, 3.8) is 0 Å². The second-order valence-corrected chi connectivity index (χ2v) is 5.29. The molecule has 0 atom stereocenters. The number of aliphatic imine (C=N–C) groups is 1. The lowest BCUT2D eigenvalue weighted by atomic mass is 9.96. The van der Waals surface area contributed by atoms with E-state index >= 15 is 0 Å². The highest BCUT2D eigenvalue weighted by Crippen LogP contribution is 2.24. The molecule has 1 heterocycles. The second-order valence-electron chi connectivity index (χ2n) is 3.76. The van der Waals surface area contributed by atoms with E-state index in [0.717, 1.165) is 23.3 Å². The van der Waals surface area contributed by atoms with Gasteiger partial charge in [-0.2, -0.15) is 0 Å². The number of benzene rings is 1. The van der Waals surface area contributed by atoms with Gasteiger partial charge in [0.05, 0.1) is 4.90 Å².